The second-order valence-electron chi connectivity index (χ2n) is 9.06. The van der Waals surface area contributed by atoms with E-state index in [-0.39, 0.29) is 21.8 Å². The van der Waals surface area contributed by atoms with Crippen LogP contribution in [0.2, 0.25) is 5.02 Å². The SMILES string of the molecule is CCC(O)(C(=O)N1C[C@H](F)[C@H](NC(=O)c2cc(-c3cc(C(F)(F)F)c4c(N)ncnn34)ccc2Cl)C1)C(F)(F)F. The summed E-state index contributed by atoms with van der Waals surface area (Å²) in [6.45, 7) is -0.571. The molecule has 3 atom stereocenters. The van der Waals surface area contributed by atoms with E-state index in [0.29, 0.717) is 4.90 Å². The van der Waals surface area contributed by atoms with Crippen molar-refractivity contribution in [1.82, 2.24) is 24.8 Å². The largest absolute Gasteiger partial charge is 0.426 e. The number of hydrogen-bond donors (Lipinski definition) is 3. The fourth-order valence-electron chi connectivity index (χ4n) is 4.39. The van der Waals surface area contributed by atoms with Gasteiger partial charge in [0.05, 0.1) is 34.4 Å². The number of nitrogens with one attached hydrogen (secondary N) is 1. The number of fused-ring (bicyclic) bond motifs is 1. The molecule has 9 nitrogen and oxygen atoms in total. The fourth-order valence-corrected chi connectivity index (χ4v) is 4.60. The summed E-state index contributed by atoms with van der Waals surface area (Å²) >= 11 is 6.12. The first-order valence-electron chi connectivity index (χ1n) is 11.5. The zero-order valence-corrected chi connectivity index (χ0v) is 21.1. The summed E-state index contributed by atoms with van der Waals surface area (Å²) in [5, 5.41) is 15.8. The van der Waals surface area contributed by atoms with Crippen molar-refractivity contribution in [2.45, 2.75) is 43.5 Å². The van der Waals surface area contributed by atoms with Crippen LogP contribution in [0.15, 0.2) is 30.6 Å². The zero-order valence-electron chi connectivity index (χ0n) is 20.3. The molecular weight excluding hydrogens is 577 g/mol. The highest BCUT2D eigenvalue weighted by Crippen LogP contribution is 2.39. The summed E-state index contributed by atoms with van der Waals surface area (Å²) in [6, 6.07) is 2.90. The minimum absolute atomic E-state index is 0.0383. The van der Waals surface area contributed by atoms with Crippen molar-refractivity contribution in [1.29, 1.82) is 0 Å². The van der Waals surface area contributed by atoms with Crippen molar-refractivity contribution in [2.24, 2.45) is 0 Å². The number of hydrogen-bond acceptors (Lipinski definition) is 6. The zero-order chi connectivity index (χ0) is 29.8. The molecule has 17 heteroatoms. The Morgan fingerprint density at radius 3 is 2.45 bits per heavy atom. The molecule has 1 fully saturated rings. The van der Waals surface area contributed by atoms with Gasteiger partial charge < -0.3 is 21.1 Å². The molecule has 2 amide bonds. The summed E-state index contributed by atoms with van der Waals surface area (Å²) in [7, 11) is 0. The molecule has 40 heavy (non-hydrogen) atoms. The van der Waals surface area contributed by atoms with Crippen LogP contribution >= 0.6 is 11.6 Å². The van der Waals surface area contributed by atoms with E-state index in [1.54, 1.807) is 0 Å². The minimum atomic E-state index is -5.31. The number of nitrogens with two attached hydrogens (primary N) is 1. The molecular formula is C23H20ClF7N6O3. The Kier molecular flexibility index (Phi) is 7.38. The summed E-state index contributed by atoms with van der Waals surface area (Å²) in [4.78, 5) is 29.4. The van der Waals surface area contributed by atoms with Gasteiger partial charge in [-0.05, 0) is 24.6 Å². The molecule has 0 radical (unpaired) electrons. The monoisotopic (exact) mass is 596 g/mol. The van der Waals surface area contributed by atoms with Crippen LogP contribution in [0.4, 0.5) is 36.6 Å². The molecule has 0 spiro atoms. The summed E-state index contributed by atoms with van der Waals surface area (Å²) in [5.41, 5.74) is -0.138. The topological polar surface area (TPSA) is 126 Å². The molecule has 3 aromatic rings. The van der Waals surface area contributed by atoms with Gasteiger partial charge in [0.25, 0.3) is 11.8 Å². The lowest BCUT2D eigenvalue weighted by Gasteiger charge is -2.31. The maximum absolute atomic E-state index is 14.7. The van der Waals surface area contributed by atoms with E-state index in [0.717, 1.165) is 29.9 Å². The number of halogens is 8. The van der Waals surface area contributed by atoms with Gasteiger partial charge in [0.15, 0.2) is 5.82 Å². The number of aliphatic hydroxyl groups is 1. The Balaban J connectivity index is 1.62. The Bertz CT molecular complexity index is 1480. The highest BCUT2D eigenvalue weighted by Gasteiger charge is 2.60. The standard InChI is InChI=1S/C23H20ClF7N6O3/c1-2-21(40,23(29,30)31)20(39)36-7-14(25)15(8-36)35-19(38)11-5-10(3-4-13(11)24)16-6-12(22(26,27)28)17-18(32)33-9-34-37(16)17/h3-6,9,14-15,40H,2,7-8H2,1H3,(H,35,38)(H2,32,33,34)/t14-,15+,21?/m0/s1. The van der Waals surface area contributed by atoms with Crippen LogP contribution in [0.25, 0.3) is 16.8 Å². The third kappa shape index (κ3) is 5.00. The van der Waals surface area contributed by atoms with Gasteiger partial charge in [-0.25, -0.2) is 13.9 Å². The quantitative estimate of drug-likeness (QED) is 0.386. The van der Waals surface area contributed by atoms with Crippen LogP contribution < -0.4 is 11.1 Å². The predicted molar refractivity (Wildman–Crippen MR) is 127 cm³/mol. The smallest absolute Gasteiger partial charge is 0.382 e. The van der Waals surface area contributed by atoms with E-state index in [9.17, 15) is 45.4 Å². The molecule has 1 saturated heterocycles. The van der Waals surface area contributed by atoms with E-state index in [1.807, 2.05) is 0 Å². The maximum atomic E-state index is 14.7. The number of carbonyl (C=O) groups is 2. The van der Waals surface area contributed by atoms with Gasteiger partial charge >= 0.3 is 12.4 Å². The first-order chi connectivity index (χ1) is 18.5. The van der Waals surface area contributed by atoms with Crippen molar-refractivity contribution >= 4 is 34.7 Å². The van der Waals surface area contributed by atoms with Crippen LogP contribution in [-0.4, -0.2) is 73.5 Å². The number of carbonyl (C=O) groups excluding carboxylic acids is 2. The lowest BCUT2D eigenvalue weighted by Crippen LogP contribution is -2.57. The van der Waals surface area contributed by atoms with E-state index in [2.05, 4.69) is 15.4 Å². The van der Waals surface area contributed by atoms with E-state index in [4.69, 9.17) is 17.3 Å². The maximum Gasteiger partial charge on any atom is 0.426 e. The Hall–Kier alpha value is -3.66. The van der Waals surface area contributed by atoms with Crippen LogP contribution in [0.5, 0.6) is 0 Å². The third-order valence-corrected chi connectivity index (χ3v) is 6.91. The number of nitrogen functional groups attached to an aromatic ring is 1. The summed E-state index contributed by atoms with van der Waals surface area (Å²) in [6.07, 6.45) is -12.2. The second-order valence-corrected chi connectivity index (χ2v) is 9.47. The Morgan fingerprint density at radius 1 is 1.18 bits per heavy atom. The average molecular weight is 597 g/mol. The lowest BCUT2D eigenvalue weighted by molar-refractivity contribution is -0.256. The van der Waals surface area contributed by atoms with Crippen LogP contribution in [0, 0.1) is 0 Å². The summed E-state index contributed by atoms with van der Waals surface area (Å²) < 4.78 is 96.4. The number of amides is 2. The number of nitrogens with zero attached hydrogens (tertiary/aromatic N) is 4. The molecule has 216 valence electrons. The molecule has 0 bridgehead atoms. The first-order valence-corrected chi connectivity index (χ1v) is 11.9. The molecule has 0 saturated carbocycles. The second kappa shape index (κ2) is 10.1. The molecule has 3 heterocycles. The molecule has 1 aliphatic rings. The molecule has 1 aliphatic heterocycles. The number of rotatable bonds is 5. The number of aromatic nitrogens is 3. The van der Waals surface area contributed by atoms with Gasteiger partial charge in [0.1, 0.15) is 18.0 Å². The highest BCUT2D eigenvalue weighted by atomic mass is 35.5. The lowest BCUT2D eigenvalue weighted by atomic mass is 9.98. The molecule has 2 aromatic heterocycles. The van der Waals surface area contributed by atoms with Crippen LogP contribution in [0.1, 0.15) is 29.3 Å². The number of alkyl halides is 7. The van der Waals surface area contributed by atoms with Gasteiger partial charge in [-0.15, -0.1) is 0 Å². The molecule has 0 aliphatic carbocycles. The van der Waals surface area contributed by atoms with E-state index in [1.165, 1.54) is 12.1 Å². The minimum Gasteiger partial charge on any atom is -0.382 e. The Labute approximate surface area is 225 Å². The molecule has 1 aromatic carbocycles. The van der Waals surface area contributed by atoms with Gasteiger partial charge in [0, 0.05) is 12.1 Å². The van der Waals surface area contributed by atoms with E-state index < -0.39 is 78.4 Å². The van der Waals surface area contributed by atoms with Gasteiger partial charge in [-0.2, -0.15) is 31.4 Å². The van der Waals surface area contributed by atoms with Gasteiger partial charge in [-0.1, -0.05) is 24.6 Å². The van der Waals surface area contributed by atoms with E-state index >= 15 is 0 Å². The number of benzene rings is 1. The summed E-state index contributed by atoms with van der Waals surface area (Å²) in [5.74, 6) is -3.22. The van der Waals surface area contributed by atoms with Crippen molar-refractivity contribution < 1.29 is 45.4 Å². The van der Waals surface area contributed by atoms with Crippen molar-refractivity contribution in [3.05, 3.63) is 46.7 Å². The normalized spacial score (nSPS) is 19.6. The number of anilines is 1. The van der Waals surface area contributed by atoms with Gasteiger partial charge in [0.2, 0.25) is 5.60 Å². The average Bonchev–Trinajstić information content (AvgIpc) is 3.44. The fraction of sp³-hybridized carbons (Fsp3) is 0.391. The molecule has 4 rings (SSSR count). The molecule has 4 N–H and O–H groups in total. The highest BCUT2D eigenvalue weighted by molar-refractivity contribution is 6.34. The van der Waals surface area contributed by atoms with Crippen LogP contribution in [0.3, 0.4) is 0 Å². The Morgan fingerprint density at radius 2 is 1.85 bits per heavy atom. The van der Waals surface area contributed by atoms with Crippen molar-refractivity contribution in [3.63, 3.8) is 0 Å². The first kappa shape index (κ1) is 29.3. The van der Waals surface area contributed by atoms with Crippen LogP contribution in [-0.2, 0) is 11.0 Å². The number of likely N-dealkylation sites (tertiary alicyclic amines) is 1. The third-order valence-electron chi connectivity index (χ3n) is 6.58. The van der Waals surface area contributed by atoms with Gasteiger partial charge in [-0.3, -0.25) is 9.59 Å². The molecule has 1 unspecified atom stereocenters. The van der Waals surface area contributed by atoms with Crippen molar-refractivity contribution in [2.75, 3.05) is 18.8 Å². The van der Waals surface area contributed by atoms with Crippen molar-refractivity contribution in [3.8, 4) is 11.3 Å². The predicted octanol–water partition coefficient (Wildman–Crippen LogP) is 3.63.